The summed E-state index contributed by atoms with van der Waals surface area (Å²) in [6.07, 6.45) is -6.24. The fraction of sp³-hybridized carbons (Fsp3) is 1.00. The Morgan fingerprint density at radius 3 is 2.00 bits per heavy atom. The number of hydrogen-bond donors (Lipinski definition) is 7. The highest BCUT2D eigenvalue weighted by molar-refractivity contribution is 4.80. The Morgan fingerprint density at radius 2 is 1.57 bits per heavy atom. The molecule has 0 aliphatic heterocycles. The fourth-order valence-electron chi connectivity index (χ4n) is 0.795. The number of nitrogens with one attached hydrogen (secondary N) is 1. The SMILES string of the molecule is NNOC[C@@H](O)[C@@H](O)[C@H](O)[C@H](O)CO. The summed E-state index contributed by atoms with van der Waals surface area (Å²) < 4.78 is 0. The molecule has 0 aromatic rings. The summed E-state index contributed by atoms with van der Waals surface area (Å²) in [5.74, 6) is 4.72. The van der Waals surface area contributed by atoms with Crippen LogP contribution in [0.15, 0.2) is 0 Å². The quantitative estimate of drug-likeness (QED) is 0.166. The van der Waals surface area contributed by atoms with Crippen LogP contribution in [0.1, 0.15) is 0 Å². The standard InChI is InChI=1S/C6H16N2O6/c7-8-14-2-4(11)6(13)5(12)3(10)1-9/h3-6,8-13H,1-2,7H2/t3-,4-,5-,6-/m1/s1. The van der Waals surface area contributed by atoms with E-state index >= 15 is 0 Å². The highest BCUT2D eigenvalue weighted by Gasteiger charge is 2.29. The van der Waals surface area contributed by atoms with Gasteiger partial charge in [0.2, 0.25) is 0 Å². The molecule has 0 rings (SSSR count). The third-order valence-electron chi connectivity index (χ3n) is 1.66. The molecule has 0 aromatic carbocycles. The summed E-state index contributed by atoms with van der Waals surface area (Å²) in [5.41, 5.74) is 1.77. The molecule has 0 heterocycles. The lowest BCUT2D eigenvalue weighted by atomic mass is 10.0. The maximum absolute atomic E-state index is 9.19. The molecular weight excluding hydrogens is 196 g/mol. The van der Waals surface area contributed by atoms with Crippen LogP contribution in [0, 0.1) is 0 Å². The molecule has 0 radical (unpaired) electrons. The Bertz CT molecular complexity index is 148. The van der Waals surface area contributed by atoms with Crippen LogP contribution in [0.25, 0.3) is 0 Å². The van der Waals surface area contributed by atoms with E-state index in [9.17, 15) is 5.11 Å². The van der Waals surface area contributed by atoms with Gasteiger partial charge in [0, 0.05) is 0 Å². The second-order valence-corrected chi connectivity index (χ2v) is 2.73. The van der Waals surface area contributed by atoms with E-state index < -0.39 is 31.0 Å². The van der Waals surface area contributed by atoms with E-state index in [-0.39, 0.29) is 6.61 Å². The number of rotatable bonds is 7. The zero-order valence-corrected chi connectivity index (χ0v) is 7.45. The van der Waals surface area contributed by atoms with Gasteiger partial charge in [-0.05, 0) is 0 Å². The zero-order valence-electron chi connectivity index (χ0n) is 7.45. The first-order valence-corrected chi connectivity index (χ1v) is 3.95. The lowest BCUT2D eigenvalue weighted by Crippen LogP contribution is -2.48. The maximum atomic E-state index is 9.19. The van der Waals surface area contributed by atoms with Gasteiger partial charge in [0.1, 0.15) is 24.4 Å². The fourth-order valence-corrected chi connectivity index (χ4v) is 0.795. The molecule has 0 unspecified atom stereocenters. The first-order valence-electron chi connectivity index (χ1n) is 3.95. The van der Waals surface area contributed by atoms with Gasteiger partial charge in [0.15, 0.2) is 0 Å². The van der Waals surface area contributed by atoms with E-state index in [1.165, 1.54) is 0 Å². The first kappa shape index (κ1) is 13.7. The van der Waals surface area contributed by atoms with Gasteiger partial charge in [-0.3, -0.25) is 4.84 Å². The van der Waals surface area contributed by atoms with Crippen molar-refractivity contribution in [2.75, 3.05) is 13.2 Å². The average molecular weight is 212 g/mol. The Labute approximate surface area is 80.5 Å². The highest BCUT2D eigenvalue weighted by Crippen LogP contribution is 2.04. The molecule has 8 N–H and O–H groups in total. The summed E-state index contributed by atoms with van der Waals surface area (Å²) >= 11 is 0. The molecule has 8 nitrogen and oxygen atoms in total. The van der Waals surface area contributed by atoms with Crippen molar-refractivity contribution in [2.24, 2.45) is 5.84 Å². The van der Waals surface area contributed by atoms with Gasteiger partial charge in [-0.25, -0.2) is 5.84 Å². The molecule has 0 bridgehead atoms. The Balaban J connectivity index is 3.95. The van der Waals surface area contributed by atoms with Crippen LogP contribution in [0.2, 0.25) is 0 Å². The van der Waals surface area contributed by atoms with Gasteiger partial charge in [-0.2, -0.15) is 0 Å². The third-order valence-corrected chi connectivity index (χ3v) is 1.66. The second kappa shape index (κ2) is 7.04. The third kappa shape index (κ3) is 4.26. The van der Waals surface area contributed by atoms with Crippen molar-refractivity contribution in [3.8, 4) is 0 Å². The molecular formula is C6H16N2O6. The molecule has 0 aromatic heterocycles. The van der Waals surface area contributed by atoms with Crippen molar-refractivity contribution in [3.63, 3.8) is 0 Å². The minimum atomic E-state index is -1.66. The van der Waals surface area contributed by atoms with Crippen LogP contribution >= 0.6 is 0 Å². The van der Waals surface area contributed by atoms with Gasteiger partial charge in [-0.15, -0.1) is 5.59 Å². The Kier molecular flexibility index (Phi) is 6.87. The summed E-state index contributed by atoms with van der Waals surface area (Å²) in [7, 11) is 0. The van der Waals surface area contributed by atoms with Crippen molar-refractivity contribution < 1.29 is 30.4 Å². The van der Waals surface area contributed by atoms with E-state index in [0.29, 0.717) is 0 Å². The van der Waals surface area contributed by atoms with E-state index in [2.05, 4.69) is 4.84 Å². The molecule has 0 amide bonds. The maximum Gasteiger partial charge on any atom is 0.111 e. The van der Waals surface area contributed by atoms with Crippen molar-refractivity contribution in [2.45, 2.75) is 24.4 Å². The topological polar surface area (TPSA) is 148 Å². The van der Waals surface area contributed by atoms with Crippen molar-refractivity contribution in [1.29, 1.82) is 0 Å². The van der Waals surface area contributed by atoms with Gasteiger partial charge >= 0.3 is 0 Å². The van der Waals surface area contributed by atoms with Gasteiger partial charge in [0.25, 0.3) is 0 Å². The van der Waals surface area contributed by atoms with Gasteiger partial charge in [-0.1, -0.05) is 0 Å². The summed E-state index contributed by atoms with van der Waals surface area (Å²) in [6, 6.07) is 0. The summed E-state index contributed by atoms with van der Waals surface area (Å²) in [6.45, 7) is -1.09. The van der Waals surface area contributed by atoms with Crippen molar-refractivity contribution >= 4 is 0 Å². The van der Waals surface area contributed by atoms with Crippen LogP contribution in [-0.4, -0.2) is 63.2 Å². The average Bonchev–Trinajstić information content (AvgIpc) is 2.22. The van der Waals surface area contributed by atoms with Crippen molar-refractivity contribution in [1.82, 2.24) is 5.59 Å². The van der Waals surface area contributed by atoms with Crippen molar-refractivity contribution in [3.05, 3.63) is 0 Å². The van der Waals surface area contributed by atoms with E-state index in [1.807, 2.05) is 0 Å². The number of hydrazine groups is 1. The molecule has 0 aliphatic rings. The number of nitrogens with two attached hydrogens (primary N) is 1. The first-order chi connectivity index (χ1) is 6.54. The normalized spacial score (nSPS) is 20.1. The van der Waals surface area contributed by atoms with Crippen LogP contribution in [0.5, 0.6) is 0 Å². The van der Waals surface area contributed by atoms with Crippen LogP contribution in [0.3, 0.4) is 0 Å². The number of aliphatic hydroxyl groups excluding tert-OH is 5. The summed E-state index contributed by atoms with van der Waals surface area (Å²) in [4.78, 5) is 4.34. The summed E-state index contributed by atoms with van der Waals surface area (Å²) in [5, 5.41) is 44.8. The molecule has 8 heteroatoms. The predicted molar refractivity (Wildman–Crippen MR) is 44.4 cm³/mol. The lowest BCUT2D eigenvalue weighted by Gasteiger charge is -2.25. The van der Waals surface area contributed by atoms with Crippen LogP contribution < -0.4 is 11.4 Å². The Morgan fingerprint density at radius 1 is 1.07 bits per heavy atom. The van der Waals surface area contributed by atoms with Crippen LogP contribution in [0.4, 0.5) is 0 Å². The molecule has 4 atom stereocenters. The lowest BCUT2D eigenvalue weighted by molar-refractivity contribution is -0.137. The van der Waals surface area contributed by atoms with E-state index in [0.717, 1.165) is 0 Å². The minimum Gasteiger partial charge on any atom is -0.394 e. The predicted octanol–water partition coefficient (Wildman–Crippen LogP) is -4.18. The molecule has 0 spiro atoms. The second-order valence-electron chi connectivity index (χ2n) is 2.73. The van der Waals surface area contributed by atoms with Gasteiger partial charge < -0.3 is 25.5 Å². The number of hydrogen-bond acceptors (Lipinski definition) is 8. The largest absolute Gasteiger partial charge is 0.394 e. The molecule has 0 fully saturated rings. The molecule has 0 saturated carbocycles. The van der Waals surface area contributed by atoms with E-state index in [1.54, 1.807) is 5.59 Å². The molecule has 86 valence electrons. The highest BCUT2D eigenvalue weighted by atomic mass is 16.7. The number of aliphatic hydroxyl groups is 5. The smallest absolute Gasteiger partial charge is 0.111 e. The zero-order chi connectivity index (χ0) is 11.1. The molecule has 0 saturated heterocycles. The minimum absolute atomic E-state index is 0.368. The molecule has 0 aliphatic carbocycles. The monoisotopic (exact) mass is 212 g/mol. The van der Waals surface area contributed by atoms with Crippen LogP contribution in [-0.2, 0) is 4.84 Å². The van der Waals surface area contributed by atoms with Gasteiger partial charge in [0.05, 0.1) is 13.2 Å². The molecule has 14 heavy (non-hydrogen) atoms. The Hall–Kier alpha value is -0.320. The van der Waals surface area contributed by atoms with E-state index in [4.69, 9.17) is 26.3 Å².